The minimum absolute atomic E-state index is 0.0209. The number of hydrogen-bond donors (Lipinski definition) is 2. The molecule has 0 aliphatic rings. The summed E-state index contributed by atoms with van der Waals surface area (Å²) in [5, 5.41) is 13.8. The smallest absolute Gasteiger partial charge is 0.309 e. The van der Waals surface area contributed by atoms with Crippen molar-refractivity contribution in [3.05, 3.63) is 22.4 Å². The highest BCUT2D eigenvalue weighted by Crippen LogP contribution is 2.23. The van der Waals surface area contributed by atoms with Crippen LogP contribution in [0.25, 0.3) is 0 Å². The van der Waals surface area contributed by atoms with Crippen LogP contribution < -0.4 is 5.32 Å². The Labute approximate surface area is 123 Å². The van der Waals surface area contributed by atoms with E-state index in [0.717, 1.165) is 0 Å². The summed E-state index contributed by atoms with van der Waals surface area (Å²) in [6.45, 7) is 3.58. The van der Waals surface area contributed by atoms with E-state index in [4.69, 9.17) is 5.11 Å². The molecule has 0 spiro atoms. The van der Waals surface area contributed by atoms with E-state index in [-0.39, 0.29) is 18.4 Å². The third kappa shape index (κ3) is 4.61. The van der Waals surface area contributed by atoms with Crippen molar-refractivity contribution in [3.63, 3.8) is 0 Å². The fourth-order valence-corrected chi connectivity index (χ4v) is 2.69. The van der Waals surface area contributed by atoms with Gasteiger partial charge in [-0.15, -0.1) is 11.3 Å². The van der Waals surface area contributed by atoms with Crippen molar-refractivity contribution in [1.82, 2.24) is 10.2 Å². The van der Waals surface area contributed by atoms with Gasteiger partial charge in [0.15, 0.2) is 0 Å². The number of aliphatic carboxylic acids is 1. The first-order valence-electron chi connectivity index (χ1n) is 6.44. The SMILES string of the molecule is CN(C)C(CNC(=O)CC(C)(C)C(=O)O)c1cccs1. The Balaban J connectivity index is 2.57. The highest BCUT2D eigenvalue weighted by atomic mass is 32.1. The first-order chi connectivity index (χ1) is 9.24. The number of carboxylic acids is 1. The predicted molar refractivity (Wildman–Crippen MR) is 79.8 cm³/mol. The van der Waals surface area contributed by atoms with Gasteiger partial charge in [-0.25, -0.2) is 0 Å². The van der Waals surface area contributed by atoms with Crippen LogP contribution in [0.2, 0.25) is 0 Å². The molecule has 112 valence electrons. The largest absolute Gasteiger partial charge is 0.481 e. The summed E-state index contributed by atoms with van der Waals surface area (Å²) in [6.07, 6.45) is -0.0209. The van der Waals surface area contributed by atoms with E-state index >= 15 is 0 Å². The zero-order valence-electron chi connectivity index (χ0n) is 12.3. The van der Waals surface area contributed by atoms with Crippen LogP contribution in [-0.2, 0) is 9.59 Å². The van der Waals surface area contributed by atoms with E-state index in [1.807, 2.05) is 36.5 Å². The zero-order chi connectivity index (χ0) is 15.3. The van der Waals surface area contributed by atoms with E-state index < -0.39 is 11.4 Å². The molecule has 1 atom stereocenters. The van der Waals surface area contributed by atoms with Crippen LogP contribution in [0, 0.1) is 5.41 Å². The van der Waals surface area contributed by atoms with E-state index in [1.54, 1.807) is 25.2 Å². The number of thiophene rings is 1. The minimum Gasteiger partial charge on any atom is -0.481 e. The Morgan fingerprint density at radius 3 is 2.55 bits per heavy atom. The molecule has 0 aliphatic carbocycles. The molecular weight excluding hydrogens is 276 g/mol. The van der Waals surface area contributed by atoms with Crippen molar-refractivity contribution in [2.45, 2.75) is 26.3 Å². The first-order valence-corrected chi connectivity index (χ1v) is 7.32. The van der Waals surface area contributed by atoms with Gasteiger partial charge in [0.05, 0.1) is 11.5 Å². The van der Waals surface area contributed by atoms with Crippen LogP contribution >= 0.6 is 11.3 Å². The van der Waals surface area contributed by atoms with E-state index in [9.17, 15) is 9.59 Å². The van der Waals surface area contributed by atoms with E-state index in [0.29, 0.717) is 6.54 Å². The summed E-state index contributed by atoms with van der Waals surface area (Å²) in [7, 11) is 3.91. The maximum absolute atomic E-state index is 11.9. The molecule has 0 saturated carbocycles. The molecule has 0 aromatic carbocycles. The number of amides is 1. The average Bonchev–Trinajstić information content (AvgIpc) is 2.81. The number of nitrogens with zero attached hydrogens (tertiary/aromatic N) is 1. The van der Waals surface area contributed by atoms with Gasteiger partial charge in [0.2, 0.25) is 5.91 Å². The number of rotatable bonds is 7. The number of carbonyl (C=O) groups excluding carboxylic acids is 1. The maximum Gasteiger partial charge on any atom is 0.309 e. The van der Waals surface area contributed by atoms with Crippen LogP contribution in [0.4, 0.5) is 0 Å². The highest BCUT2D eigenvalue weighted by molar-refractivity contribution is 7.10. The summed E-state index contributed by atoms with van der Waals surface area (Å²) >= 11 is 1.64. The second-order valence-electron chi connectivity index (χ2n) is 5.66. The Hall–Kier alpha value is -1.40. The molecule has 0 fully saturated rings. The Morgan fingerprint density at radius 2 is 2.10 bits per heavy atom. The fraction of sp³-hybridized carbons (Fsp3) is 0.571. The molecule has 1 heterocycles. The van der Waals surface area contributed by atoms with Crippen molar-refractivity contribution >= 4 is 23.2 Å². The standard InChI is InChI=1S/C14H22N2O3S/c1-14(2,13(18)19)8-12(17)15-9-10(16(3)4)11-6-5-7-20-11/h5-7,10H,8-9H2,1-4H3,(H,15,17)(H,18,19). The summed E-state index contributed by atoms with van der Waals surface area (Å²) in [6, 6.07) is 4.11. The van der Waals surface area contributed by atoms with Crippen molar-refractivity contribution < 1.29 is 14.7 Å². The van der Waals surface area contributed by atoms with Gasteiger partial charge in [0.25, 0.3) is 0 Å². The summed E-state index contributed by atoms with van der Waals surface area (Å²) < 4.78 is 0. The predicted octanol–water partition coefficient (Wildman–Crippen LogP) is 1.97. The summed E-state index contributed by atoms with van der Waals surface area (Å²) in [5.41, 5.74) is -1.04. The molecule has 0 bridgehead atoms. The van der Waals surface area contributed by atoms with Crippen molar-refractivity contribution in [3.8, 4) is 0 Å². The Morgan fingerprint density at radius 1 is 1.45 bits per heavy atom. The molecule has 5 nitrogen and oxygen atoms in total. The second kappa shape index (κ2) is 6.85. The van der Waals surface area contributed by atoms with Gasteiger partial charge < -0.3 is 15.3 Å². The van der Waals surface area contributed by atoms with Crippen LogP contribution in [-0.4, -0.2) is 42.5 Å². The molecule has 1 unspecified atom stereocenters. The van der Waals surface area contributed by atoms with Crippen molar-refractivity contribution in [2.75, 3.05) is 20.6 Å². The van der Waals surface area contributed by atoms with Crippen molar-refractivity contribution in [2.24, 2.45) is 5.41 Å². The molecular formula is C14H22N2O3S. The molecule has 0 aliphatic heterocycles. The quantitative estimate of drug-likeness (QED) is 0.807. The van der Waals surface area contributed by atoms with Crippen LogP contribution in [0.1, 0.15) is 31.2 Å². The molecule has 1 aromatic rings. The summed E-state index contributed by atoms with van der Waals surface area (Å²) in [4.78, 5) is 26.1. The lowest BCUT2D eigenvalue weighted by Crippen LogP contribution is -2.37. The van der Waals surface area contributed by atoms with Gasteiger partial charge in [0.1, 0.15) is 0 Å². The van der Waals surface area contributed by atoms with Gasteiger partial charge >= 0.3 is 5.97 Å². The lowest BCUT2D eigenvalue weighted by atomic mass is 9.89. The highest BCUT2D eigenvalue weighted by Gasteiger charge is 2.30. The number of likely N-dealkylation sites (N-methyl/N-ethyl adjacent to an activating group) is 1. The molecule has 1 amide bonds. The van der Waals surface area contributed by atoms with Gasteiger partial charge in [0, 0.05) is 17.8 Å². The zero-order valence-corrected chi connectivity index (χ0v) is 13.2. The Kier molecular flexibility index (Phi) is 5.71. The topological polar surface area (TPSA) is 69.6 Å². The lowest BCUT2D eigenvalue weighted by Gasteiger charge is -2.24. The number of nitrogens with one attached hydrogen (secondary N) is 1. The van der Waals surface area contributed by atoms with E-state index in [1.165, 1.54) is 4.88 Å². The number of carboxylic acid groups (broad SMARTS) is 1. The van der Waals surface area contributed by atoms with Gasteiger partial charge in [-0.3, -0.25) is 9.59 Å². The second-order valence-corrected chi connectivity index (χ2v) is 6.64. The molecule has 6 heteroatoms. The maximum atomic E-state index is 11.9. The van der Waals surface area contributed by atoms with Crippen LogP contribution in [0.5, 0.6) is 0 Å². The first kappa shape index (κ1) is 16.7. The Bertz CT molecular complexity index is 455. The van der Waals surface area contributed by atoms with Crippen molar-refractivity contribution in [1.29, 1.82) is 0 Å². The van der Waals surface area contributed by atoms with E-state index in [2.05, 4.69) is 5.32 Å². The average molecular weight is 298 g/mol. The number of carbonyl (C=O) groups is 2. The number of hydrogen-bond acceptors (Lipinski definition) is 4. The molecule has 2 N–H and O–H groups in total. The van der Waals surface area contributed by atoms with Crippen LogP contribution in [0.3, 0.4) is 0 Å². The molecule has 1 rings (SSSR count). The third-order valence-electron chi connectivity index (χ3n) is 3.17. The normalized spacial score (nSPS) is 13.2. The lowest BCUT2D eigenvalue weighted by molar-refractivity contribution is -0.149. The minimum atomic E-state index is -1.04. The summed E-state index contributed by atoms with van der Waals surface area (Å²) in [5.74, 6) is -1.20. The van der Waals surface area contributed by atoms with Gasteiger partial charge in [-0.2, -0.15) is 0 Å². The monoisotopic (exact) mass is 298 g/mol. The van der Waals surface area contributed by atoms with Gasteiger partial charge in [-0.05, 0) is 39.4 Å². The fourth-order valence-electron chi connectivity index (χ4n) is 1.77. The third-order valence-corrected chi connectivity index (χ3v) is 4.14. The molecule has 0 saturated heterocycles. The molecule has 0 radical (unpaired) electrons. The molecule has 20 heavy (non-hydrogen) atoms. The van der Waals surface area contributed by atoms with Crippen LogP contribution in [0.15, 0.2) is 17.5 Å². The molecule has 1 aromatic heterocycles. The van der Waals surface area contributed by atoms with Gasteiger partial charge in [-0.1, -0.05) is 6.07 Å².